The van der Waals surface area contributed by atoms with Crippen LogP contribution >= 0.6 is 23.4 Å². The lowest BCUT2D eigenvalue weighted by molar-refractivity contribution is -0.120. The van der Waals surface area contributed by atoms with Crippen LogP contribution in [0.15, 0.2) is 22.2 Å². The molecule has 0 aromatic carbocycles. The second kappa shape index (κ2) is 10.6. The summed E-state index contributed by atoms with van der Waals surface area (Å²) < 4.78 is 0. The molecule has 200 valence electrons. The second-order valence-electron chi connectivity index (χ2n) is 10.6. The van der Waals surface area contributed by atoms with E-state index >= 15 is 0 Å². The van der Waals surface area contributed by atoms with Gasteiger partial charge in [0.25, 0.3) is 0 Å². The Bertz CT molecular complexity index is 1180. The number of hydrogen-bond acceptors (Lipinski definition) is 10. The second-order valence-corrected chi connectivity index (χ2v) is 12.0. The molecular weight excluding hydrogens is 512 g/mol. The van der Waals surface area contributed by atoms with Crippen LogP contribution in [0.3, 0.4) is 0 Å². The van der Waals surface area contributed by atoms with E-state index in [2.05, 4.69) is 14.8 Å². The summed E-state index contributed by atoms with van der Waals surface area (Å²) in [7, 11) is 0. The van der Waals surface area contributed by atoms with Crippen molar-refractivity contribution in [2.75, 3.05) is 36.0 Å². The molecule has 4 N–H and O–H groups in total. The van der Waals surface area contributed by atoms with Crippen molar-refractivity contribution in [1.29, 1.82) is 0 Å². The zero-order valence-corrected chi connectivity index (χ0v) is 22.9. The molecule has 1 aliphatic carbocycles. The molecule has 0 amide bonds. The SMILES string of the molecule is Cc1nc(N2CCC3(CC2)CC(=O)[C@@H](C)[C@@H]3N)c(CO)nc1Sc1ccnc(N2CCCC2CO)c1Cl. The summed E-state index contributed by atoms with van der Waals surface area (Å²) in [5.74, 6) is 1.55. The fraction of sp³-hybridized carbons (Fsp3) is 0.615. The van der Waals surface area contributed by atoms with Crippen LogP contribution in [0.25, 0.3) is 0 Å². The van der Waals surface area contributed by atoms with E-state index in [9.17, 15) is 15.0 Å². The summed E-state index contributed by atoms with van der Waals surface area (Å²) in [6, 6.07) is 1.77. The normalized spacial score (nSPS) is 25.5. The highest BCUT2D eigenvalue weighted by atomic mass is 35.5. The molecule has 3 atom stereocenters. The molecule has 2 aliphatic heterocycles. The standard InChI is InChI=1S/C26H35ClN6O3S/c1-15-19(36)12-26(22(15)28)6-10-32(11-7-26)23-18(14-35)31-25(16(2)30-23)37-20-5-8-29-24(21(20)27)33-9-3-4-17(33)13-34/h5,8,15,17,22,34-35H,3-4,6-7,9-14,28H2,1-2H3/t15-,17?,22+/m1/s1. The maximum absolute atomic E-state index is 12.3. The van der Waals surface area contributed by atoms with Crippen molar-refractivity contribution in [2.45, 2.75) is 74.6 Å². The van der Waals surface area contributed by atoms with Crippen LogP contribution in [0.4, 0.5) is 11.6 Å². The van der Waals surface area contributed by atoms with Crippen molar-refractivity contribution in [1.82, 2.24) is 15.0 Å². The topological polar surface area (TPSA) is 129 Å². The number of aliphatic hydroxyl groups is 2. The van der Waals surface area contributed by atoms with Crippen LogP contribution in [0.5, 0.6) is 0 Å². The number of rotatable bonds is 6. The predicted octanol–water partition coefficient (Wildman–Crippen LogP) is 2.96. The monoisotopic (exact) mass is 546 g/mol. The Hall–Kier alpha value is -1.98. The highest BCUT2D eigenvalue weighted by Gasteiger charge is 2.50. The fourth-order valence-corrected chi connectivity index (χ4v) is 7.32. The van der Waals surface area contributed by atoms with E-state index in [1.54, 1.807) is 6.20 Å². The molecule has 0 radical (unpaired) electrons. The first-order valence-corrected chi connectivity index (χ1v) is 14.2. The number of aryl methyl sites for hydroxylation is 1. The molecule has 2 aromatic heterocycles. The number of pyridine rings is 1. The van der Waals surface area contributed by atoms with Gasteiger partial charge in [-0.1, -0.05) is 30.3 Å². The maximum Gasteiger partial charge on any atom is 0.153 e. The van der Waals surface area contributed by atoms with Gasteiger partial charge < -0.3 is 25.7 Å². The van der Waals surface area contributed by atoms with Gasteiger partial charge in [-0.25, -0.2) is 15.0 Å². The third kappa shape index (κ3) is 4.83. The van der Waals surface area contributed by atoms with Crippen molar-refractivity contribution in [3.63, 3.8) is 0 Å². The number of piperidine rings is 1. The van der Waals surface area contributed by atoms with Crippen LogP contribution in [0.2, 0.25) is 5.02 Å². The predicted molar refractivity (Wildman–Crippen MR) is 144 cm³/mol. The van der Waals surface area contributed by atoms with Gasteiger partial charge >= 0.3 is 0 Å². The van der Waals surface area contributed by atoms with Gasteiger partial charge in [0.05, 0.1) is 30.0 Å². The van der Waals surface area contributed by atoms with Crippen molar-refractivity contribution < 1.29 is 15.0 Å². The first-order chi connectivity index (χ1) is 17.8. The number of halogens is 1. The van der Waals surface area contributed by atoms with E-state index in [1.165, 1.54) is 11.8 Å². The summed E-state index contributed by atoms with van der Waals surface area (Å²) in [5, 5.41) is 21.1. The minimum absolute atomic E-state index is 0.0239. The smallest absolute Gasteiger partial charge is 0.153 e. The number of aromatic nitrogens is 3. The largest absolute Gasteiger partial charge is 0.394 e. The van der Waals surface area contributed by atoms with Crippen molar-refractivity contribution >= 4 is 40.8 Å². The number of nitrogens with two attached hydrogens (primary N) is 1. The first kappa shape index (κ1) is 26.6. The molecule has 3 fully saturated rings. The number of hydrogen-bond donors (Lipinski definition) is 3. The summed E-state index contributed by atoms with van der Waals surface area (Å²) in [6.07, 6.45) is 5.84. The molecule has 11 heteroatoms. The molecule has 2 aromatic rings. The molecule has 3 aliphatic rings. The Morgan fingerprint density at radius 1 is 1.22 bits per heavy atom. The van der Waals surface area contributed by atoms with E-state index in [0.29, 0.717) is 33.8 Å². The van der Waals surface area contributed by atoms with Crippen molar-refractivity contribution in [3.05, 3.63) is 28.7 Å². The number of aliphatic hydroxyl groups excluding tert-OH is 2. The highest BCUT2D eigenvalue weighted by Crippen LogP contribution is 2.47. The van der Waals surface area contributed by atoms with E-state index in [1.807, 2.05) is 19.9 Å². The van der Waals surface area contributed by atoms with E-state index in [4.69, 9.17) is 27.3 Å². The van der Waals surface area contributed by atoms with E-state index in [0.717, 1.165) is 55.9 Å². The molecule has 0 bridgehead atoms. The van der Waals surface area contributed by atoms with E-state index < -0.39 is 0 Å². The van der Waals surface area contributed by atoms with Gasteiger partial charge in [0.15, 0.2) is 5.82 Å². The Morgan fingerprint density at radius 2 is 1.97 bits per heavy atom. The van der Waals surface area contributed by atoms with Gasteiger partial charge in [0.1, 0.15) is 22.3 Å². The van der Waals surface area contributed by atoms with Gasteiger partial charge in [0, 0.05) is 49.1 Å². The number of carbonyl (C=O) groups excluding carboxylic acids is 1. The minimum Gasteiger partial charge on any atom is -0.394 e. The zero-order chi connectivity index (χ0) is 26.3. The van der Waals surface area contributed by atoms with Gasteiger partial charge in [-0.3, -0.25) is 4.79 Å². The summed E-state index contributed by atoms with van der Waals surface area (Å²) in [5.41, 5.74) is 7.61. The minimum atomic E-state index is -0.228. The lowest BCUT2D eigenvalue weighted by atomic mass is 9.73. The Kier molecular flexibility index (Phi) is 7.66. The van der Waals surface area contributed by atoms with Crippen LogP contribution < -0.4 is 15.5 Å². The fourth-order valence-electron chi connectivity index (χ4n) is 6.11. The van der Waals surface area contributed by atoms with Gasteiger partial charge in [0.2, 0.25) is 0 Å². The highest BCUT2D eigenvalue weighted by molar-refractivity contribution is 7.99. The number of ketones is 1. The lowest BCUT2D eigenvalue weighted by Gasteiger charge is -2.42. The summed E-state index contributed by atoms with van der Waals surface area (Å²) >= 11 is 8.19. The van der Waals surface area contributed by atoms with Crippen molar-refractivity contribution in [3.8, 4) is 0 Å². The molecule has 4 heterocycles. The maximum atomic E-state index is 12.3. The Balaban J connectivity index is 1.36. The van der Waals surface area contributed by atoms with Crippen LogP contribution in [-0.2, 0) is 11.4 Å². The molecule has 1 unspecified atom stereocenters. The van der Waals surface area contributed by atoms with Crippen LogP contribution in [-0.4, -0.2) is 69.3 Å². The Morgan fingerprint density at radius 3 is 2.62 bits per heavy atom. The van der Waals surface area contributed by atoms with Crippen LogP contribution in [0, 0.1) is 18.3 Å². The molecule has 1 spiro atoms. The Labute approximate surface area is 226 Å². The third-order valence-corrected chi connectivity index (χ3v) is 10.1. The van der Waals surface area contributed by atoms with Crippen molar-refractivity contribution in [2.24, 2.45) is 17.1 Å². The molecule has 37 heavy (non-hydrogen) atoms. The quantitative estimate of drug-likeness (QED) is 0.497. The number of Topliss-reactive ketones (excluding diaryl/α,β-unsaturated/α-hetero) is 1. The number of anilines is 2. The summed E-state index contributed by atoms with van der Waals surface area (Å²) in [4.78, 5) is 31.5. The van der Waals surface area contributed by atoms with E-state index in [-0.39, 0.29) is 42.4 Å². The molecular formula is C26H35ClN6O3S. The average Bonchev–Trinajstić information content (AvgIpc) is 3.45. The summed E-state index contributed by atoms with van der Waals surface area (Å²) in [6.45, 7) is 5.96. The average molecular weight is 547 g/mol. The molecule has 1 saturated carbocycles. The zero-order valence-electron chi connectivity index (χ0n) is 21.4. The first-order valence-electron chi connectivity index (χ1n) is 13.0. The van der Waals surface area contributed by atoms with Gasteiger partial charge in [-0.15, -0.1) is 0 Å². The van der Waals surface area contributed by atoms with Gasteiger partial charge in [-0.2, -0.15) is 0 Å². The number of carbonyl (C=O) groups is 1. The van der Waals surface area contributed by atoms with Crippen LogP contribution in [0.1, 0.15) is 50.4 Å². The molecule has 2 saturated heterocycles. The molecule has 9 nitrogen and oxygen atoms in total. The van der Waals surface area contributed by atoms with Gasteiger partial charge in [-0.05, 0) is 44.1 Å². The number of nitrogens with zero attached hydrogens (tertiary/aromatic N) is 5. The lowest BCUT2D eigenvalue weighted by Crippen LogP contribution is -2.48. The third-order valence-electron chi connectivity index (χ3n) is 8.47. The molecule has 5 rings (SSSR count).